The molecule has 2 aromatic carbocycles. The van der Waals surface area contributed by atoms with Crippen molar-refractivity contribution in [2.24, 2.45) is 0 Å². The number of hydrogen-bond acceptors (Lipinski definition) is 4. The van der Waals surface area contributed by atoms with Gasteiger partial charge in [0.25, 0.3) is 0 Å². The van der Waals surface area contributed by atoms with Gasteiger partial charge in [-0.2, -0.15) is 0 Å². The molecule has 0 aliphatic heterocycles. The number of aliphatic hydroxyl groups is 1. The minimum absolute atomic E-state index is 0.000797. The molecule has 106 valence electrons. The van der Waals surface area contributed by atoms with Crippen LogP contribution in [-0.2, 0) is 0 Å². The Hall–Kier alpha value is -2.20. The highest BCUT2D eigenvalue weighted by molar-refractivity contribution is 5.48. The number of rotatable bonds is 6. The van der Waals surface area contributed by atoms with Crippen LogP contribution in [0.15, 0.2) is 48.5 Å². The Bertz CT molecular complexity index is 540. The Labute approximate surface area is 119 Å². The van der Waals surface area contributed by atoms with Gasteiger partial charge in [0.1, 0.15) is 11.5 Å². The summed E-state index contributed by atoms with van der Waals surface area (Å²) in [6, 6.07) is 15.1. The summed E-state index contributed by atoms with van der Waals surface area (Å²) in [5, 5.41) is 12.9. The van der Waals surface area contributed by atoms with Crippen LogP contribution >= 0.6 is 0 Å². The Kier molecular flexibility index (Phi) is 4.85. The molecule has 0 saturated carbocycles. The Morgan fingerprint density at radius 2 is 1.70 bits per heavy atom. The molecule has 0 radical (unpaired) electrons. The van der Waals surface area contributed by atoms with E-state index in [2.05, 4.69) is 5.32 Å². The van der Waals surface area contributed by atoms with E-state index in [0.29, 0.717) is 0 Å². The fourth-order valence-corrected chi connectivity index (χ4v) is 1.98. The Morgan fingerprint density at radius 3 is 2.30 bits per heavy atom. The minimum atomic E-state index is -0.182. The van der Waals surface area contributed by atoms with E-state index in [9.17, 15) is 5.11 Å². The summed E-state index contributed by atoms with van der Waals surface area (Å²) in [6.07, 6.45) is 0. The molecule has 2 aromatic rings. The predicted molar refractivity (Wildman–Crippen MR) is 79.4 cm³/mol. The molecule has 2 N–H and O–H groups in total. The first-order valence-corrected chi connectivity index (χ1v) is 6.42. The predicted octanol–water partition coefficient (Wildman–Crippen LogP) is 2.85. The van der Waals surface area contributed by atoms with Crippen molar-refractivity contribution < 1.29 is 14.6 Å². The molecule has 0 bridgehead atoms. The summed E-state index contributed by atoms with van der Waals surface area (Å²) in [6.45, 7) is -0.000797. The topological polar surface area (TPSA) is 50.7 Å². The zero-order valence-corrected chi connectivity index (χ0v) is 11.7. The monoisotopic (exact) mass is 273 g/mol. The first-order valence-electron chi connectivity index (χ1n) is 6.42. The number of anilines is 1. The highest BCUT2D eigenvalue weighted by Crippen LogP contribution is 2.24. The maximum absolute atomic E-state index is 9.58. The summed E-state index contributed by atoms with van der Waals surface area (Å²) >= 11 is 0. The minimum Gasteiger partial charge on any atom is -0.497 e. The van der Waals surface area contributed by atoms with Crippen molar-refractivity contribution in [1.29, 1.82) is 0 Å². The third-order valence-electron chi connectivity index (χ3n) is 3.11. The van der Waals surface area contributed by atoms with Crippen LogP contribution in [0.3, 0.4) is 0 Å². The lowest BCUT2D eigenvalue weighted by Crippen LogP contribution is -2.14. The van der Waals surface area contributed by atoms with E-state index >= 15 is 0 Å². The SMILES string of the molecule is COc1ccc(NC(CO)c2cccc(OC)c2)cc1. The molecule has 0 saturated heterocycles. The van der Waals surface area contributed by atoms with Crippen molar-refractivity contribution in [2.75, 3.05) is 26.1 Å². The molecule has 1 atom stereocenters. The number of methoxy groups -OCH3 is 2. The first-order chi connectivity index (χ1) is 9.76. The van der Waals surface area contributed by atoms with Crippen LogP contribution in [0.5, 0.6) is 11.5 Å². The van der Waals surface area contributed by atoms with Gasteiger partial charge in [0.05, 0.1) is 26.9 Å². The zero-order chi connectivity index (χ0) is 14.4. The van der Waals surface area contributed by atoms with E-state index < -0.39 is 0 Å². The first kappa shape index (κ1) is 14.2. The van der Waals surface area contributed by atoms with Crippen molar-refractivity contribution in [2.45, 2.75) is 6.04 Å². The van der Waals surface area contributed by atoms with Gasteiger partial charge in [-0.05, 0) is 42.0 Å². The Morgan fingerprint density at radius 1 is 1.00 bits per heavy atom. The lowest BCUT2D eigenvalue weighted by molar-refractivity contribution is 0.276. The van der Waals surface area contributed by atoms with Crippen LogP contribution in [-0.4, -0.2) is 25.9 Å². The third-order valence-corrected chi connectivity index (χ3v) is 3.11. The van der Waals surface area contributed by atoms with Crippen LogP contribution in [0.4, 0.5) is 5.69 Å². The quantitative estimate of drug-likeness (QED) is 0.849. The van der Waals surface area contributed by atoms with Crippen molar-refractivity contribution in [3.8, 4) is 11.5 Å². The van der Waals surface area contributed by atoms with Crippen LogP contribution in [0, 0.1) is 0 Å². The van der Waals surface area contributed by atoms with Crippen molar-refractivity contribution in [3.05, 3.63) is 54.1 Å². The van der Waals surface area contributed by atoms with E-state index in [1.54, 1.807) is 14.2 Å². The standard InChI is InChI=1S/C16H19NO3/c1-19-14-8-6-13(7-9-14)17-16(11-18)12-4-3-5-15(10-12)20-2/h3-10,16-18H,11H2,1-2H3. The van der Waals surface area contributed by atoms with E-state index in [1.807, 2.05) is 48.5 Å². The number of benzene rings is 2. The van der Waals surface area contributed by atoms with E-state index in [4.69, 9.17) is 9.47 Å². The molecule has 1 unspecified atom stereocenters. The molecule has 20 heavy (non-hydrogen) atoms. The van der Waals surface area contributed by atoms with E-state index in [-0.39, 0.29) is 12.6 Å². The summed E-state index contributed by atoms with van der Waals surface area (Å²) in [5.41, 5.74) is 1.90. The molecule has 0 aliphatic rings. The van der Waals surface area contributed by atoms with Gasteiger partial charge in [0.15, 0.2) is 0 Å². The fourth-order valence-electron chi connectivity index (χ4n) is 1.98. The van der Waals surface area contributed by atoms with Crippen molar-refractivity contribution >= 4 is 5.69 Å². The summed E-state index contributed by atoms with van der Waals surface area (Å²) in [4.78, 5) is 0. The van der Waals surface area contributed by atoms with Gasteiger partial charge in [-0.15, -0.1) is 0 Å². The molecule has 0 spiro atoms. The molecule has 0 aromatic heterocycles. The molecule has 4 nitrogen and oxygen atoms in total. The van der Waals surface area contributed by atoms with Crippen LogP contribution in [0.2, 0.25) is 0 Å². The van der Waals surface area contributed by atoms with Crippen LogP contribution in [0.1, 0.15) is 11.6 Å². The van der Waals surface area contributed by atoms with Gasteiger partial charge in [0, 0.05) is 5.69 Å². The van der Waals surface area contributed by atoms with Gasteiger partial charge < -0.3 is 19.9 Å². The molecular formula is C16H19NO3. The second-order valence-electron chi connectivity index (χ2n) is 4.38. The number of aliphatic hydroxyl groups excluding tert-OH is 1. The lowest BCUT2D eigenvalue weighted by atomic mass is 10.1. The molecular weight excluding hydrogens is 254 g/mol. The summed E-state index contributed by atoms with van der Waals surface area (Å²) in [7, 11) is 3.26. The van der Waals surface area contributed by atoms with Crippen molar-refractivity contribution in [3.63, 3.8) is 0 Å². The summed E-state index contributed by atoms with van der Waals surface area (Å²) in [5.74, 6) is 1.58. The van der Waals surface area contributed by atoms with E-state index in [0.717, 1.165) is 22.7 Å². The number of hydrogen-bond donors (Lipinski definition) is 2. The molecule has 4 heteroatoms. The molecule has 0 fully saturated rings. The highest BCUT2D eigenvalue weighted by atomic mass is 16.5. The van der Waals surface area contributed by atoms with Crippen LogP contribution in [0.25, 0.3) is 0 Å². The lowest BCUT2D eigenvalue weighted by Gasteiger charge is -2.19. The molecule has 0 aliphatic carbocycles. The molecule has 0 amide bonds. The molecule has 0 heterocycles. The third kappa shape index (κ3) is 3.42. The number of ether oxygens (including phenoxy) is 2. The van der Waals surface area contributed by atoms with Gasteiger partial charge in [-0.3, -0.25) is 0 Å². The number of nitrogens with one attached hydrogen (secondary N) is 1. The summed E-state index contributed by atoms with van der Waals surface area (Å²) < 4.78 is 10.3. The largest absolute Gasteiger partial charge is 0.497 e. The second kappa shape index (κ2) is 6.82. The maximum Gasteiger partial charge on any atom is 0.119 e. The smallest absolute Gasteiger partial charge is 0.119 e. The molecule has 2 rings (SSSR count). The van der Waals surface area contributed by atoms with Gasteiger partial charge in [-0.25, -0.2) is 0 Å². The Balaban J connectivity index is 2.14. The van der Waals surface area contributed by atoms with Crippen LogP contribution < -0.4 is 14.8 Å². The van der Waals surface area contributed by atoms with Gasteiger partial charge in [-0.1, -0.05) is 12.1 Å². The second-order valence-corrected chi connectivity index (χ2v) is 4.38. The average molecular weight is 273 g/mol. The van der Waals surface area contributed by atoms with E-state index in [1.165, 1.54) is 0 Å². The van der Waals surface area contributed by atoms with Crippen molar-refractivity contribution in [1.82, 2.24) is 0 Å². The highest BCUT2D eigenvalue weighted by Gasteiger charge is 2.11. The normalized spacial score (nSPS) is 11.8. The zero-order valence-electron chi connectivity index (χ0n) is 11.7. The maximum atomic E-state index is 9.58. The van der Waals surface area contributed by atoms with Gasteiger partial charge >= 0.3 is 0 Å². The van der Waals surface area contributed by atoms with Gasteiger partial charge in [0.2, 0.25) is 0 Å². The average Bonchev–Trinajstić information content (AvgIpc) is 2.53. The fraction of sp³-hybridized carbons (Fsp3) is 0.250.